The summed E-state index contributed by atoms with van der Waals surface area (Å²) >= 11 is 0. The summed E-state index contributed by atoms with van der Waals surface area (Å²) in [4.78, 5) is 36.2. The Morgan fingerprint density at radius 1 is 1.47 bits per heavy atom. The summed E-state index contributed by atoms with van der Waals surface area (Å²) in [7, 11) is 0. The third-order valence-corrected chi connectivity index (χ3v) is 2.30. The first-order chi connectivity index (χ1) is 8.81. The molecule has 0 atom stereocenters. The van der Waals surface area contributed by atoms with Crippen molar-refractivity contribution in [3.8, 4) is 0 Å². The van der Waals surface area contributed by atoms with Crippen LogP contribution in [0.15, 0.2) is 12.1 Å². The number of aromatic nitrogens is 1. The van der Waals surface area contributed by atoms with Gasteiger partial charge < -0.3 is 20.1 Å². The fraction of sp³-hybridized carbons (Fsp3) is 0.455. The number of carboxylic acids is 1. The fourth-order valence-corrected chi connectivity index (χ4v) is 1.61. The van der Waals surface area contributed by atoms with Crippen LogP contribution in [0.3, 0.4) is 0 Å². The average molecular weight is 269 g/mol. The smallest absolute Gasteiger partial charge is 0.323 e. The van der Waals surface area contributed by atoms with E-state index in [1.807, 2.05) is 13.8 Å². The number of rotatable bonds is 6. The van der Waals surface area contributed by atoms with Crippen LogP contribution in [0.25, 0.3) is 0 Å². The molecule has 1 aromatic rings. The number of carbonyl (C=O) groups is 2. The number of nitrogens with zero attached hydrogens (tertiary/aromatic N) is 2. The van der Waals surface area contributed by atoms with Crippen LogP contribution < -0.4 is 0 Å². The van der Waals surface area contributed by atoms with E-state index < -0.39 is 23.3 Å². The van der Waals surface area contributed by atoms with E-state index >= 15 is 0 Å². The molecular formula is C11H15N3O5. The van der Waals surface area contributed by atoms with Crippen molar-refractivity contribution in [3.05, 3.63) is 27.9 Å². The maximum atomic E-state index is 12.1. The van der Waals surface area contributed by atoms with Crippen molar-refractivity contribution < 1.29 is 19.6 Å². The summed E-state index contributed by atoms with van der Waals surface area (Å²) in [6.07, 6.45) is 0. The van der Waals surface area contributed by atoms with Crippen LogP contribution in [0, 0.1) is 16.0 Å². The van der Waals surface area contributed by atoms with E-state index in [4.69, 9.17) is 5.11 Å². The number of aromatic amines is 1. The molecule has 1 aromatic heterocycles. The molecule has 2 N–H and O–H groups in total. The van der Waals surface area contributed by atoms with Gasteiger partial charge in [-0.15, -0.1) is 0 Å². The van der Waals surface area contributed by atoms with Crippen molar-refractivity contribution >= 4 is 17.7 Å². The minimum Gasteiger partial charge on any atom is -0.480 e. The van der Waals surface area contributed by atoms with Crippen molar-refractivity contribution in [2.75, 3.05) is 13.1 Å². The molecule has 0 aliphatic carbocycles. The molecule has 0 radical (unpaired) electrons. The summed E-state index contributed by atoms with van der Waals surface area (Å²) in [5.74, 6) is -1.91. The predicted octanol–water partition coefficient (Wildman–Crippen LogP) is 1.11. The first-order valence-corrected chi connectivity index (χ1v) is 5.65. The highest BCUT2D eigenvalue weighted by molar-refractivity contribution is 5.94. The lowest BCUT2D eigenvalue weighted by Gasteiger charge is -2.21. The highest BCUT2D eigenvalue weighted by Gasteiger charge is 2.24. The normalized spacial score (nSPS) is 10.5. The molecular weight excluding hydrogens is 254 g/mol. The van der Waals surface area contributed by atoms with E-state index in [0.717, 1.165) is 4.90 Å². The number of nitro groups is 1. The topological polar surface area (TPSA) is 117 Å². The number of aliphatic carboxylic acids is 1. The lowest BCUT2D eigenvalue weighted by atomic mass is 10.2. The summed E-state index contributed by atoms with van der Waals surface area (Å²) in [6.45, 7) is 3.51. The van der Waals surface area contributed by atoms with Gasteiger partial charge in [-0.3, -0.25) is 9.59 Å². The Bertz CT molecular complexity index is 494. The van der Waals surface area contributed by atoms with Crippen molar-refractivity contribution in [3.63, 3.8) is 0 Å². The molecule has 8 nitrogen and oxygen atoms in total. The molecule has 0 fully saturated rings. The van der Waals surface area contributed by atoms with Gasteiger partial charge in [0.15, 0.2) is 5.69 Å². The fourth-order valence-electron chi connectivity index (χ4n) is 1.61. The second kappa shape index (κ2) is 5.98. The van der Waals surface area contributed by atoms with Gasteiger partial charge in [-0.25, -0.2) is 4.98 Å². The molecule has 19 heavy (non-hydrogen) atoms. The largest absolute Gasteiger partial charge is 0.480 e. The molecule has 0 saturated heterocycles. The maximum Gasteiger partial charge on any atom is 0.323 e. The van der Waals surface area contributed by atoms with Crippen LogP contribution in [0.4, 0.5) is 5.82 Å². The Morgan fingerprint density at radius 3 is 2.53 bits per heavy atom. The van der Waals surface area contributed by atoms with E-state index in [1.54, 1.807) is 0 Å². The van der Waals surface area contributed by atoms with E-state index in [-0.39, 0.29) is 24.0 Å². The van der Waals surface area contributed by atoms with Gasteiger partial charge in [-0.2, -0.15) is 0 Å². The number of carboxylic acid groups (broad SMARTS) is 1. The van der Waals surface area contributed by atoms with Crippen LogP contribution in [-0.4, -0.2) is 44.9 Å². The number of H-pyrrole nitrogens is 1. The van der Waals surface area contributed by atoms with Crippen molar-refractivity contribution in [1.82, 2.24) is 9.88 Å². The van der Waals surface area contributed by atoms with Crippen LogP contribution >= 0.6 is 0 Å². The van der Waals surface area contributed by atoms with E-state index in [9.17, 15) is 19.7 Å². The SMILES string of the molecule is CC(C)CN(CC(=O)O)C(=O)c1ccc([N+](=O)[O-])[nH]1. The summed E-state index contributed by atoms with van der Waals surface area (Å²) in [5.41, 5.74) is 0.00796. The summed E-state index contributed by atoms with van der Waals surface area (Å²) < 4.78 is 0. The summed E-state index contributed by atoms with van der Waals surface area (Å²) in [5, 5.41) is 19.3. The van der Waals surface area contributed by atoms with Crippen molar-refractivity contribution in [1.29, 1.82) is 0 Å². The van der Waals surface area contributed by atoms with Gasteiger partial charge in [0.05, 0.1) is 0 Å². The molecule has 0 bridgehead atoms. The van der Waals surface area contributed by atoms with Gasteiger partial charge in [-0.1, -0.05) is 13.8 Å². The van der Waals surface area contributed by atoms with Crippen LogP contribution in [0.5, 0.6) is 0 Å². The molecule has 0 aromatic carbocycles. The number of nitrogens with one attached hydrogen (secondary N) is 1. The Balaban J connectivity index is 2.90. The molecule has 1 amide bonds. The lowest BCUT2D eigenvalue weighted by Crippen LogP contribution is -2.38. The van der Waals surface area contributed by atoms with Gasteiger partial charge in [0, 0.05) is 12.6 Å². The van der Waals surface area contributed by atoms with E-state index in [2.05, 4.69) is 4.98 Å². The van der Waals surface area contributed by atoms with Crippen LogP contribution in [0.2, 0.25) is 0 Å². The van der Waals surface area contributed by atoms with Gasteiger partial charge in [0.25, 0.3) is 5.91 Å². The average Bonchev–Trinajstić information content (AvgIpc) is 2.75. The zero-order chi connectivity index (χ0) is 14.6. The highest BCUT2D eigenvalue weighted by Crippen LogP contribution is 2.13. The highest BCUT2D eigenvalue weighted by atomic mass is 16.6. The first kappa shape index (κ1) is 14.7. The third-order valence-electron chi connectivity index (χ3n) is 2.30. The second-order valence-corrected chi connectivity index (χ2v) is 4.49. The van der Waals surface area contributed by atoms with Crippen LogP contribution in [0.1, 0.15) is 24.3 Å². The Labute approximate surface area is 109 Å². The molecule has 1 rings (SSSR count). The van der Waals surface area contributed by atoms with Crippen LogP contribution in [-0.2, 0) is 4.79 Å². The van der Waals surface area contributed by atoms with Gasteiger partial charge in [-0.05, 0) is 16.9 Å². The zero-order valence-corrected chi connectivity index (χ0v) is 10.6. The molecule has 0 aliphatic heterocycles. The first-order valence-electron chi connectivity index (χ1n) is 5.65. The van der Waals surface area contributed by atoms with Gasteiger partial charge >= 0.3 is 11.8 Å². The van der Waals surface area contributed by atoms with Gasteiger partial charge in [0.2, 0.25) is 0 Å². The zero-order valence-electron chi connectivity index (χ0n) is 10.6. The second-order valence-electron chi connectivity index (χ2n) is 4.49. The van der Waals surface area contributed by atoms with Crippen molar-refractivity contribution in [2.24, 2.45) is 5.92 Å². The minimum absolute atomic E-state index is 0.00796. The van der Waals surface area contributed by atoms with Crippen molar-refractivity contribution in [2.45, 2.75) is 13.8 Å². The molecule has 104 valence electrons. The van der Waals surface area contributed by atoms with E-state index in [0.29, 0.717) is 0 Å². The molecule has 0 saturated carbocycles. The quantitative estimate of drug-likeness (QED) is 0.592. The third kappa shape index (κ3) is 4.09. The molecule has 8 heteroatoms. The van der Waals surface area contributed by atoms with E-state index in [1.165, 1.54) is 12.1 Å². The Kier molecular flexibility index (Phi) is 4.62. The Morgan fingerprint density at radius 2 is 2.11 bits per heavy atom. The standard InChI is InChI=1S/C11H15N3O5/c1-7(2)5-13(6-10(15)16)11(17)8-3-4-9(12-8)14(18)19/h3-4,7,12H,5-6H2,1-2H3,(H,15,16). The number of hydrogen-bond acceptors (Lipinski definition) is 4. The molecule has 0 unspecified atom stereocenters. The number of carbonyl (C=O) groups excluding carboxylic acids is 1. The molecule has 0 aliphatic rings. The molecule has 1 heterocycles. The maximum absolute atomic E-state index is 12.1. The molecule has 0 spiro atoms. The lowest BCUT2D eigenvalue weighted by molar-refractivity contribution is -0.389. The number of amides is 1. The summed E-state index contributed by atoms with van der Waals surface area (Å²) in [6, 6.07) is 2.44. The Hall–Kier alpha value is -2.38. The minimum atomic E-state index is -1.13. The number of hydrogen-bond donors (Lipinski definition) is 2. The monoisotopic (exact) mass is 269 g/mol. The predicted molar refractivity (Wildman–Crippen MR) is 65.8 cm³/mol. The van der Waals surface area contributed by atoms with Gasteiger partial charge in [0.1, 0.15) is 6.54 Å².